The van der Waals surface area contributed by atoms with Crippen LogP contribution in [0.1, 0.15) is 16.7 Å². The molecule has 0 bridgehead atoms. The number of hydrogen-bond acceptors (Lipinski definition) is 3. The first-order valence-electron chi connectivity index (χ1n) is 6.14. The van der Waals surface area contributed by atoms with Gasteiger partial charge in [0.2, 0.25) is 0 Å². The van der Waals surface area contributed by atoms with Crippen molar-refractivity contribution in [1.82, 2.24) is 0 Å². The summed E-state index contributed by atoms with van der Waals surface area (Å²) < 4.78 is 40.8. The molecule has 6 heteroatoms. The smallest absolute Gasteiger partial charge is 0.404 e. The Morgan fingerprint density at radius 3 is 2.45 bits per heavy atom. The van der Waals surface area contributed by atoms with E-state index in [0.717, 1.165) is 11.3 Å². The summed E-state index contributed by atoms with van der Waals surface area (Å²) in [6.45, 7) is 2.54. The van der Waals surface area contributed by atoms with Crippen molar-refractivity contribution in [2.75, 3.05) is 5.32 Å². The molecule has 2 rings (SSSR count). The quantitative estimate of drug-likeness (QED) is 0.854. The molecule has 0 saturated carbocycles. The summed E-state index contributed by atoms with van der Waals surface area (Å²) in [7, 11) is 0. The molecule has 0 unspecified atom stereocenters. The Morgan fingerprint density at radius 1 is 1.10 bits per heavy atom. The van der Waals surface area contributed by atoms with E-state index in [1.165, 1.54) is 17.0 Å². The van der Waals surface area contributed by atoms with Gasteiger partial charge in [0.15, 0.2) is 5.75 Å². The van der Waals surface area contributed by atoms with E-state index in [0.29, 0.717) is 12.2 Å². The molecule has 1 aromatic heterocycles. The summed E-state index contributed by atoms with van der Waals surface area (Å²) in [6, 6.07) is 10.0. The number of benzene rings is 1. The molecule has 0 aliphatic heterocycles. The number of halogens is 3. The maximum absolute atomic E-state index is 12.3. The van der Waals surface area contributed by atoms with Gasteiger partial charge < -0.3 is 10.1 Å². The fourth-order valence-corrected chi connectivity index (χ4v) is 2.61. The van der Waals surface area contributed by atoms with Gasteiger partial charge >= 0.3 is 6.36 Å². The molecule has 0 aliphatic carbocycles. The zero-order valence-corrected chi connectivity index (χ0v) is 11.6. The van der Waals surface area contributed by atoms with Crippen molar-refractivity contribution in [2.45, 2.75) is 26.3 Å². The van der Waals surface area contributed by atoms with Gasteiger partial charge in [-0.1, -0.05) is 19.1 Å². The zero-order chi connectivity index (χ0) is 14.6. The van der Waals surface area contributed by atoms with Crippen molar-refractivity contribution in [3.05, 3.63) is 46.2 Å². The Balaban J connectivity index is 2.05. The van der Waals surface area contributed by atoms with Gasteiger partial charge in [0.1, 0.15) is 0 Å². The molecular weight excluding hydrogens is 287 g/mol. The van der Waals surface area contributed by atoms with Crippen LogP contribution in [0.3, 0.4) is 0 Å². The summed E-state index contributed by atoms with van der Waals surface area (Å²) in [5.41, 5.74) is 0.330. The number of aryl methyl sites for hydroxylation is 1. The molecular formula is C14H14F3NOS. The van der Waals surface area contributed by atoms with Crippen molar-refractivity contribution < 1.29 is 17.9 Å². The Kier molecular flexibility index (Phi) is 4.54. The first-order valence-corrected chi connectivity index (χ1v) is 6.96. The summed E-state index contributed by atoms with van der Waals surface area (Å²) in [4.78, 5) is 2.32. The lowest BCUT2D eigenvalue weighted by molar-refractivity contribution is -0.274. The minimum atomic E-state index is -4.68. The number of alkyl halides is 3. The Labute approximate surface area is 119 Å². The molecule has 0 fully saturated rings. The van der Waals surface area contributed by atoms with Gasteiger partial charge in [-0.3, -0.25) is 0 Å². The van der Waals surface area contributed by atoms with Crippen LogP contribution in [0.5, 0.6) is 5.75 Å². The first-order chi connectivity index (χ1) is 9.48. The summed E-state index contributed by atoms with van der Waals surface area (Å²) >= 11 is 1.65. The molecule has 0 radical (unpaired) electrons. The van der Waals surface area contributed by atoms with E-state index in [1.807, 2.05) is 12.1 Å². The van der Waals surface area contributed by atoms with Crippen LogP contribution in [0.15, 0.2) is 36.4 Å². The summed E-state index contributed by atoms with van der Waals surface area (Å²) in [5, 5.41) is 2.97. The van der Waals surface area contributed by atoms with Crippen LogP contribution in [-0.2, 0) is 13.0 Å². The molecule has 1 heterocycles. The van der Waals surface area contributed by atoms with Gasteiger partial charge in [-0.15, -0.1) is 24.5 Å². The van der Waals surface area contributed by atoms with Crippen LogP contribution in [-0.4, -0.2) is 6.36 Å². The molecule has 0 spiro atoms. The van der Waals surface area contributed by atoms with E-state index in [2.05, 4.69) is 17.0 Å². The second-order valence-electron chi connectivity index (χ2n) is 4.12. The van der Waals surface area contributed by atoms with Crippen molar-refractivity contribution in [3.63, 3.8) is 0 Å². The van der Waals surface area contributed by atoms with Crippen molar-refractivity contribution >= 4 is 17.0 Å². The SMILES string of the molecule is CCc1ccc(CNc2ccccc2OC(F)(F)F)s1. The van der Waals surface area contributed by atoms with Gasteiger partial charge in [-0.05, 0) is 30.7 Å². The number of rotatable bonds is 5. The van der Waals surface area contributed by atoms with Crippen LogP contribution in [0.4, 0.5) is 18.9 Å². The van der Waals surface area contributed by atoms with Crippen molar-refractivity contribution in [2.24, 2.45) is 0 Å². The second kappa shape index (κ2) is 6.17. The molecule has 0 saturated heterocycles. The molecule has 1 aromatic carbocycles. The van der Waals surface area contributed by atoms with E-state index < -0.39 is 6.36 Å². The number of nitrogens with one attached hydrogen (secondary N) is 1. The number of para-hydroxylation sites is 2. The van der Waals surface area contributed by atoms with Gasteiger partial charge in [-0.25, -0.2) is 0 Å². The van der Waals surface area contributed by atoms with Crippen molar-refractivity contribution in [1.29, 1.82) is 0 Å². The molecule has 0 atom stereocenters. The predicted molar refractivity (Wildman–Crippen MR) is 74.1 cm³/mol. The molecule has 2 aromatic rings. The lowest BCUT2D eigenvalue weighted by Crippen LogP contribution is -2.18. The van der Waals surface area contributed by atoms with E-state index in [4.69, 9.17) is 0 Å². The summed E-state index contributed by atoms with van der Waals surface area (Å²) in [6.07, 6.45) is -3.73. The van der Waals surface area contributed by atoms with Gasteiger partial charge in [0, 0.05) is 16.3 Å². The Bertz CT molecular complexity index is 566. The average Bonchev–Trinajstić information content (AvgIpc) is 2.84. The summed E-state index contributed by atoms with van der Waals surface area (Å²) in [5.74, 6) is -0.215. The lowest BCUT2D eigenvalue weighted by Gasteiger charge is -2.14. The highest BCUT2D eigenvalue weighted by Crippen LogP contribution is 2.30. The largest absolute Gasteiger partial charge is 0.573 e. The zero-order valence-electron chi connectivity index (χ0n) is 10.8. The van der Waals surface area contributed by atoms with E-state index >= 15 is 0 Å². The standard InChI is InChI=1S/C14H14F3NOS/c1-2-10-7-8-11(20-10)9-18-12-5-3-4-6-13(12)19-14(15,16)17/h3-8,18H,2,9H2,1H3. The Hall–Kier alpha value is -1.69. The fraction of sp³-hybridized carbons (Fsp3) is 0.286. The van der Waals surface area contributed by atoms with Crippen molar-refractivity contribution in [3.8, 4) is 5.75 Å². The van der Waals surface area contributed by atoms with Gasteiger partial charge in [0.05, 0.1) is 5.69 Å². The maximum atomic E-state index is 12.3. The van der Waals surface area contributed by atoms with Crippen LogP contribution in [0.25, 0.3) is 0 Å². The number of ether oxygens (including phenoxy) is 1. The third-order valence-electron chi connectivity index (χ3n) is 2.63. The highest BCUT2D eigenvalue weighted by Gasteiger charge is 2.32. The number of hydrogen-bond donors (Lipinski definition) is 1. The highest BCUT2D eigenvalue weighted by molar-refractivity contribution is 7.12. The highest BCUT2D eigenvalue weighted by atomic mass is 32.1. The van der Waals surface area contributed by atoms with Crippen LogP contribution in [0, 0.1) is 0 Å². The van der Waals surface area contributed by atoms with E-state index in [1.54, 1.807) is 23.5 Å². The predicted octanol–water partition coefficient (Wildman–Crippen LogP) is 4.82. The Morgan fingerprint density at radius 2 is 1.80 bits per heavy atom. The first kappa shape index (κ1) is 14.7. The normalized spacial score (nSPS) is 11.4. The molecule has 0 aliphatic rings. The minimum Gasteiger partial charge on any atom is -0.404 e. The number of thiophene rings is 1. The maximum Gasteiger partial charge on any atom is 0.573 e. The molecule has 0 amide bonds. The number of anilines is 1. The van der Waals surface area contributed by atoms with E-state index in [-0.39, 0.29) is 5.75 Å². The lowest BCUT2D eigenvalue weighted by atomic mass is 10.3. The van der Waals surface area contributed by atoms with Gasteiger partial charge in [-0.2, -0.15) is 0 Å². The second-order valence-corrected chi connectivity index (χ2v) is 5.37. The minimum absolute atomic E-state index is 0.215. The molecule has 20 heavy (non-hydrogen) atoms. The van der Waals surface area contributed by atoms with Crippen LogP contribution in [0.2, 0.25) is 0 Å². The monoisotopic (exact) mass is 301 g/mol. The van der Waals surface area contributed by atoms with Crippen LogP contribution < -0.4 is 10.1 Å². The molecule has 2 nitrogen and oxygen atoms in total. The van der Waals surface area contributed by atoms with Crippen LogP contribution >= 0.6 is 11.3 Å². The topological polar surface area (TPSA) is 21.3 Å². The average molecular weight is 301 g/mol. The third-order valence-corrected chi connectivity index (χ3v) is 3.86. The molecule has 1 N–H and O–H groups in total. The molecule has 108 valence electrons. The fourth-order valence-electron chi connectivity index (χ4n) is 1.72. The van der Waals surface area contributed by atoms with E-state index in [9.17, 15) is 13.2 Å². The van der Waals surface area contributed by atoms with Gasteiger partial charge in [0.25, 0.3) is 0 Å². The third kappa shape index (κ3) is 4.16.